The summed E-state index contributed by atoms with van der Waals surface area (Å²) < 4.78 is 5.63. The Morgan fingerprint density at radius 1 is 1.05 bits per heavy atom. The van der Waals surface area contributed by atoms with Crippen molar-refractivity contribution < 1.29 is 4.42 Å². The highest BCUT2D eigenvalue weighted by molar-refractivity contribution is 5.62. The molecule has 0 spiro atoms. The number of benzene rings is 1. The minimum Gasteiger partial charge on any atom is -0.406 e. The second-order valence-electron chi connectivity index (χ2n) is 6.50. The zero-order valence-electron chi connectivity index (χ0n) is 13.7. The summed E-state index contributed by atoms with van der Waals surface area (Å²) in [5.41, 5.74) is 4.63. The first-order valence-corrected chi connectivity index (χ1v) is 7.17. The van der Waals surface area contributed by atoms with Gasteiger partial charge in [-0.05, 0) is 52.7 Å². The summed E-state index contributed by atoms with van der Waals surface area (Å²) in [6.45, 7) is 13.1. The topological polar surface area (TPSA) is 63.0 Å². The average molecular weight is 288 g/mol. The standard InChI is InChI=1S/C16H24N4O/c1-10-7-11(2)14(12(3)8-10)18-15-20-19-13(21-15)9-17-16(4,5)6/h7-8,17H,9H2,1-6H3,(H,18,20). The maximum absolute atomic E-state index is 5.63. The van der Waals surface area contributed by atoms with Gasteiger partial charge in [-0.3, -0.25) is 0 Å². The van der Waals surface area contributed by atoms with Crippen molar-refractivity contribution >= 4 is 11.7 Å². The Balaban J connectivity index is 2.10. The second kappa shape index (κ2) is 5.85. The first-order valence-electron chi connectivity index (χ1n) is 7.17. The van der Waals surface area contributed by atoms with E-state index in [1.807, 2.05) is 0 Å². The molecule has 0 saturated heterocycles. The fourth-order valence-electron chi connectivity index (χ4n) is 2.20. The molecule has 1 heterocycles. The molecule has 114 valence electrons. The van der Waals surface area contributed by atoms with Gasteiger partial charge in [-0.1, -0.05) is 22.8 Å². The summed E-state index contributed by atoms with van der Waals surface area (Å²) in [5.74, 6) is 0.579. The summed E-state index contributed by atoms with van der Waals surface area (Å²) in [7, 11) is 0. The predicted molar refractivity (Wildman–Crippen MR) is 84.8 cm³/mol. The van der Waals surface area contributed by atoms with E-state index in [-0.39, 0.29) is 5.54 Å². The van der Waals surface area contributed by atoms with E-state index in [0.717, 1.165) is 5.69 Å². The SMILES string of the molecule is Cc1cc(C)c(Nc2nnc(CNC(C)(C)C)o2)c(C)c1. The Bertz CT molecular complexity index is 602. The van der Waals surface area contributed by atoms with Crippen LogP contribution in [0.15, 0.2) is 16.5 Å². The van der Waals surface area contributed by atoms with Gasteiger partial charge in [-0.15, -0.1) is 5.10 Å². The van der Waals surface area contributed by atoms with Gasteiger partial charge in [0.1, 0.15) is 0 Å². The average Bonchev–Trinajstić information content (AvgIpc) is 2.78. The number of aromatic nitrogens is 2. The molecular weight excluding hydrogens is 264 g/mol. The summed E-state index contributed by atoms with van der Waals surface area (Å²) >= 11 is 0. The van der Waals surface area contributed by atoms with Crippen molar-refractivity contribution in [2.24, 2.45) is 0 Å². The van der Waals surface area contributed by atoms with Gasteiger partial charge in [-0.2, -0.15) is 0 Å². The van der Waals surface area contributed by atoms with Crippen LogP contribution in [-0.4, -0.2) is 15.7 Å². The fourth-order valence-corrected chi connectivity index (χ4v) is 2.20. The molecule has 1 aromatic heterocycles. The third kappa shape index (κ3) is 4.29. The summed E-state index contributed by atoms with van der Waals surface area (Å²) in [6.07, 6.45) is 0. The highest BCUT2D eigenvalue weighted by Crippen LogP contribution is 2.25. The van der Waals surface area contributed by atoms with E-state index in [1.54, 1.807) is 0 Å². The lowest BCUT2D eigenvalue weighted by Crippen LogP contribution is -2.35. The summed E-state index contributed by atoms with van der Waals surface area (Å²) in [4.78, 5) is 0. The van der Waals surface area contributed by atoms with Gasteiger partial charge in [0, 0.05) is 11.2 Å². The number of rotatable bonds is 4. The van der Waals surface area contributed by atoms with Crippen molar-refractivity contribution in [3.8, 4) is 0 Å². The largest absolute Gasteiger partial charge is 0.406 e. The first kappa shape index (κ1) is 15.5. The van der Waals surface area contributed by atoms with Crippen molar-refractivity contribution in [1.82, 2.24) is 15.5 Å². The second-order valence-corrected chi connectivity index (χ2v) is 6.50. The molecule has 0 radical (unpaired) electrons. The van der Waals surface area contributed by atoms with Crippen LogP contribution in [0.3, 0.4) is 0 Å². The molecule has 0 fully saturated rings. The van der Waals surface area contributed by atoms with E-state index in [0.29, 0.717) is 18.5 Å². The van der Waals surface area contributed by atoms with Gasteiger partial charge in [-0.25, -0.2) is 0 Å². The minimum absolute atomic E-state index is 0.0200. The highest BCUT2D eigenvalue weighted by atomic mass is 16.4. The van der Waals surface area contributed by atoms with Crippen molar-refractivity contribution in [2.45, 2.75) is 53.6 Å². The molecule has 0 unspecified atom stereocenters. The Labute approximate surface area is 126 Å². The number of hydrogen-bond acceptors (Lipinski definition) is 5. The molecule has 0 aliphatic rings. The lowest BCUT2D eigenvalue weighted by molar-refractivity contribution is 0.384. The summed E-state index contributed by atoms with van der Waals surface area (Å²) in [6, 6.07) is 4.69. The quantitative estimate of drug-likeness (QED) is 0.899. The van der Waals surface area contributed by atoms with Crippen LogP contribution in [0.2, 0.25) is 0 Å². The van der Waals surface area contributed by atoms with E-state index in [1.165, 1.54) is 16.7 Å². The number of anilines is 2. The van der Waals surface area contributed by atoms with E-state index in [4.69, 9.17) is 4.42 Å². The van der Waals surface area contributed by atoms with Crippen LogP contribution >= 0.6 is 0 Å². The van der Waals surface area contributed by atoms with Crippen LogP contribution in [0.5, 0.6) is 0 Å². The first-order chi connectivity index (χ1) is 9.74. The van der Waals surface area contributed by atoms with Crippen molar-refractivity contribution in [1.29, 1.82) is 0 Å². The van der Waals surface area contributed by atoms with Crippen molar-refractivity contribution in [3.05, 3.63) is 34.7 Å². The van der Waals surface area contributed by atoms with Crippen LogP contribution in [0.25, 0.3) is 0 Å². The van der Waals surface area contributed by atoms with Crippen molar-refractivity contribution in [2.75, 3.05) is 5.32 Å². The zero-order valence-corrected chi connectivity index (χ0v) is 13.7. The van der Waals surface area contributed by atoms with Crippen LogP contribution in [0.4, 0.5) is 11.7 Å². The molecule has 2 rings (SSSR count). The normalized spacial score (nSPS) is 11.7. The van der Waals surface area contributed by atoms with E-state index < -0.39 is 0 Å². The van der Waals surface area contributed by atoms with E-state index in [2.05, 4.69) is 74.5 Å². The van der Waals surface area contributed by atoms with Gasteiger partial charge in [0.25, 0.3) is 0 Å². The van der Waals surface area contributed by atoms with Crippen molar-refractivity contribution in [3.63, 3.8) is 0 Å². The van der Waals surface area contributed by atoms with Gasteiger partial charge in [0.15, 0.2) is 0 Å². The monoisotopic (exact) mass is 288 g/mol. The Morgan fingerprint density at radius 2 is 1.67 bits per heavy atom. The molecule has 21 heavy (non-hydrogen) atoms. The number of nitrogens with zero attached hydrogens (tertiary/aromatic N) is 2. The van der Waals surface area contributed by atoms with Gasteiger partial charge < -0.3 is 15.1 Å². The van der Waals surface area contributed by atoms with Crippen LogP contribution in [0, 0.1) is 20.8 Å². The van der Waals surface area contributed by atoms with E-state index in [9.17, 15) is 0 Å². The number of hydrogen-bond donors (Lipinski definition) is 2. The Morgan fingerprint density at radius 3 is 2.24 bits per heavy atom. The molecule has 0 amide bonds. The third-order valence-corrected chi connectivity index (χ3v) is 3.15. The minimum atomic E-state index is 0.0200. The predicted octanol–water partition coefficient (Wildman–Crippen LogP) is 3.63. The van der Waals surface area contributed by atoms with E-state index >= 15 is 0 Å². The van der Waals surface area contributed by atoms with Crippen LogP contribution in [-0.2, 0) is 6.54 Å². The molecular formula is C16H24N4O. The molecule has 0 bridgehead atoms. The molecule has 0 aliphatic heterocycles. The highest BCUT2D eigenvalue weighted by Gasteiger charge is 2.13. The molecule has 2 N–H and O–H groups in total. The molecule has 1 aromatic carbocycles. The summed E-state index contributed by atoms with van der Waals surface area (Å²) in [5, 5.41) is 14.6. The molecule has 5 nitrogen and oxygen atoms in total. The zero-order chi connectivity index (χ0) is 15.6. The number of aryl methyl sites for hydroxylation is 3. The Kier molecular flexibility index (Phi) is 4.32. The maximum atomic E-state index is 5.63. The van der Waals surface area contributed by atoms with Crippen LogP contribution < -0.4 is 10.6 Å². The third-order valence-electron chi connectivity index (χ3n) is 3.15. The molecule has 0 saturated carbocycles. The Hall–Kier alpha value is -1.88. The van der Waals surface area contributed by atoms with Gasteiger partial charge in [0.05, 0.1) is 6.54 Å². The smallest absolute Gasteiger partial charge is 0.320 e. The fraction of sp³-hybridized carbons (Fsp3) is 0.500. The molecule has 0 aliphatic carbocycles. The molecule has 0 atom stereocenters. The maximum Gasteiger partial charge on any atom is 0.320 e. The van der Waals surface area contributed by atoms with Gasteiger partial charge in [0.2, 0.25) is 5.89 Å². The molecule has 5 heteroatoms. The molecule has 2 aromatic rings. The van der Waals surface area contributed by atoms with Crippen LogP contribution in [0.1, 0.15) is 43.4 Å². The number of nitrogens with one attached hydrogen (secondary N) is 2. The van der Waals surface area contributed by atoms with Gasteiger partial charge >= 0.3 is 6.01 Å². The lowest BCUT2D eigenvalue weighted by Gasteiger charge is -2.18. The lowest BCUT2D eigenvalue weighted by atomic mass is 10.1.